The predicted octanol–water partition coefficient (Wildman–Crippen LogP) is 7.14. The molecule has 9 nitrogen and oxygen atoms in total. The molecule has 5 N–H and O–H groups in total. The number of fused-ring (bicyclic) bond motifs is 2. The van der Waals surface area contributed by atoms with E-state index < -0.39 is 29.3 Å². The third-order valence-corrected chi connectivity index (χ3v) is 9.92. The summed E-state index contributed by atoms with van der Waals surface area (Å²) in [5.41, 5.74) is -1.14. The molecule has 15 heteroatoms. The summed E-state index contributed by atoms with van der Waals surface area (Å²) in [5.74, 6) is -4.23. The van der Waals surface area contributed by atoms with Crippen LogP contribution in [0.25, 0.3) is 43.1 Å². The van der Waals surface area contributed by atoms with Gasteiger partial charge in [0.25, 0.3) is 17.7 Å². The molecule has 3 amide bonds. The number of halogens is 6. The third-order valence-electron chi connectivity index (χ3n) is 7.36. The van der Waals surface area contributed by atoms with Crippen molar-refractivity contribution >= 4 is 142 Å². The van der Waals surface area contributed by atoms with Crippen LogP contribution in [0.5, 0.6) is 0 Å². The van der Waals surface area contributed by atoms with E-state index in [9.17, 15) is 24.3 Å². The number of imide groups is 1. The Bertz CT molecular complexity index is 2190. The molecule has 6 rings (SSSR count). The van der Waals surface area contributed by atoms with Crippen LogP contribution in [-0.2, 0) is 0 Å². The van der Waals surface area contributed by atoms with Crippen LogP contribution in [0, 0.1) is 5.41 Å². The van der Waals surface area contributed by atoms with Gasteiger partial charge in [-0.05, 0) is 11.5 Å². The minimum Gasteiger partial charge on any atom is -0.478 e. The van der Waals surface area contributed by atoms with Gasteiger partial charge in [0.15, 0.2) is 0 Å². The van der Waals surface area contributed by atoms with Gasteiger partial charge in [0, 0.05) is 57.4 Å². The highest BCUT2D eigenvalue weighted by atomic mass is 35.5. The fourth-order valence-electron chi connectivity index (χ4n) is 5.72. The second-order valence-electron chi connectivity index (χ2n) is 9.27. The lowest BCUT2D eigenvalue weighted by atomic mass is 9.81. The van der Waals surface area contributed by atoms with Gasteiger partial charge in [-0.2, -0.15) is 0 Å². The first kappa shape index (κ1) is 28.8. The zero-order valence-electron chi connectivity index (χ0n) is 20.9. The van der Waals surface area contributed by atoms with Gasteiger partial charge in [0.1, 0.15) is 5.84 Å². The highest BCUT2D eigenvalue weighted by Crippen LogP contribution is 2.56. The Morgan fingerprint density at radius 2 is 1.24 bits per heavy atom. The van der Waals surface area contributed by atoms with Crippen LogP contribution in [0.1, 0.15) is 47.0 Å². The average Bonchev–Trinajstić information content (AvgIpc) is 2.95. The van der Waals surface area contributed by atoms with E-state index >= 15 is 0 Å². The normalized spacial score (nSPS) is 13.0. The molecule has 0 aromatic heterocycles. The van der Waals surface area contributed by atoms with E-state index in [0.717, 1.165) is 0 Å². The second-order valence-corrected chi connectivity index (χ2v) is 11.5. The zero-order chi connectivity index (χ0) is 30.7. The van der Waals surface area contributed by atoms with E-state index in [1.54, 1.807) is 0 Å². The topological polar surface area (TPSA) is 148 Å². The van der Waals surface area contributed by atoms with E-state index in [4.69, 9.17) is 75.0 Å². The van der Waals surface area contributed by atoms with E-state index in [-0.39, 0.29) is 101 Å². The first-order valence-corrected chi connectivity index (χ1v) is 14.0. The number of hydrogen-bond acceptors (Lipinski definition) is 5. The molecule has 0 radical (unpaired) electrons. The molecule has 0 fully saturated rings. The fourth-order valence-corrected chi connectivity index (χ4v) is 7.41. The molecule has 0 spiro atoms. The summed E-state index contributed by atoms with van der Waals surface area (Å²) in [6.07, 6.45) is 0. The first-order valence-electron chi connectivity index (χ1n) is 11.8. The molecule has 0 saturated heterocycles. The van der Waals surface area contributed by atoms with Crippen molar-refractivity contribution in [3.8, 4) is 0 Å². The summed E-state index contributed by atoms with van der Waals surface area (Å²) in [7, 11) is 2.83. The molecule has 5 aromatic rings. The number of rotatable bonds is 3. The van der Waals surface area contributed by atoms with Crippen LogP contribution < -0.4 is 16.0 Å². The molecule has 0 aliphatic carbocycles. The van der Waals surface area contributed by atoms with Crippen LogP contribution in [0.4, 0.5) is 0 Å². The maximum absolute atomic E-state index is 13.3. The first-order chi connectivity index (χ1) is 19.8. The Kier molecular flexibility index (Phi) is 6.58. The van der Waals surface area contributed by atoms with Crippen LogP contribution in [0.3, 0.4) is 0 Å². The van der Waals surface area contributed by atoms with Gasteiger partial charge in [-0.3, -0.25) is 25.1 Å². The molecule has 1 heterocycles. The highest BCUT2D eigenvalue weighted by molar-refractivity contribution is 6.60. The van der Waals surface area contributed by atoms with E-state index in [0.29, 0.717) is 0 Å². The van der Waals surface area contributed by atoms with Crippen molar-refractivity contribution < 1.29 is 24.3 Å². The maximum atomic E-state index is 13.3. The molecule has 0 unspecified atom stereocenters. The number of hydrogen-bond donors (Lipinski definition) is 5. The fraction of sp³-hybridized carbons (Fsp3) is 0.0741. The second kappa shape index (κ2) is 9.60. The zero-order valence-corrected chi connectivity index (χ0v) is 25.5. The maximum Gasteiger partial charge on any atom is 0.336 e. The molecule has 5 aromatic carbocycles. The molecule has 0 bridgehead atoms. The lowest BCUT2D eigenvalue weighted by molar-refractivity contribution is 0.0687. The average molecular weight is 685 g/mol. The summed E-state index contributed by atoms with van der Waals surface area (Å²) in [5, 5.41) is 25.8. The van der Waals surface area contributed by atoms with Crippen LogP contribution in [0.2, 0.25) is 30.1 Å². The van der Waals surface area contributed by atoms with E-state index in [1.165, 1.54) is 20.2 Å². The Morgan fingerprint density at radius 1 is 0.690 bits per heavy atom. The highest BCUT2D eigenvalue weighted by Gasteiger charge is 2.38. The molecular weight excluding hydrogens is 673 g/mol. The van der Waals surface area contributed by atoms with E-state index in [1.807, 2.05) is 0 Å². The number of nitrogens with one attached hydrogen (secondary N) is 4. The lowest BCUT2D eigenvalue weighted by Crippen LogP contribution is -2.36. The van der Waals surface area contributed by atoms with Gasteiger partial charge >= 0.3 is 5.97 Å². The molecule has 42 heavy (non-hydrogen) atoms. The van der Waals surface area contributed by atoms with Crippen molar-refractivity contribution in [2.24, 2.45) is 0 Å². The third kappa shape index (κ3) is 3.43. The molecule has 1 aliphatic rings. The Balaban J connectivity index is 2.15. The van der Waals surface area contributed by atoms with Crippen molar-refractivity contribution in [1.29, 1.82) is 5.41 Å². The number of carboxylic acids is 1. The number of carbonyl (C=O) groups is 4. The van der Waals surface area contributed by atoms with Gasteiger partial charge in [-0.1, -0.05) is 69.6 Å². The van der Waals surface area contributed by atoms with E-state index in [2.05, 4.69) is 16.0 Å². The number of aromatic carboxylic acids is 1. The van der Waals surface area contributed by atoms with Crippen LogP contribution in [-0.4, -0.2) is 48.7 Å². The minimum absolute atomic E-state index is 0.00520. The Morgan fingerprint density at radius 3 is 1.83 bits per heavy atom. The molecular formula is C27H12Cl6N4O5. The molecule has 1 aliphatic heterocycles. The summed E-state index contributed by atoms with van der Waals surface area (Å²) in [4.78, 5) is 51.9. The van der Waals surface area contributed by atoms with Crippen molar-refractivity contribution in [2.45, 2.75) is 0 Å². The minimum atomic E-state index is -1.48. The number of amides is 3. The summed E-state index contributed by atoms with van der Waals surface area (Å²) in [6, 6.07) is 1.21. The number of carbonyl (C=O) groups excluding carboxylic acids is 3. The lowest BCUT2D eigenvalue weighted by Gasteiger charge is -2.27. The quantitative estimate of drug-likeness (QED) is 0.0448. The van der Waals surface area contributed by atoms with Crippen molar-refractivity contribution in [1.82, 2.24) is 16.0 Å². The smallest absolute Gasteiger partial charge is 0.336 e. The van der Waals surface area contributed by atoms with Gasteiger partial charge in [-0.25, -0.2) is 4.79 Å². The van der Waals surface area contributed by atoms with Crippen molar-refractivity contribution in [3.05, 3.63) is 64.0 Å². The summed E-state index contributed by atoms with van der Waals surface area (Å²) >= 11 is 40.8. The van der Waals surface area contributed by atoms with Gasteiger partial charge in [0.05, 0.1) is 52.4 Å². The predicted molar refractivity (Wildman–Crippen MR) is 166 cm³/mol. The number of amidine groups is 1. The van der Waals surface area contributed by atoms with Crippen LogP contribution >= 0.6 is 69.6 Å². The van der Waals surface area contributed by atoms with Crippen molar-refractivity contribution in [2.75, 3.05) is 14.1 Å². The summed E-state index contributed by atoms with van der Waals surface area (Å²) < 4.78 is 0. The van der Waals surface area contributed by atoms with Crippen molar-refractivity contribution in [3.63, 3.8) is 0 Å². The Hall–Kier alpha value is -3.31. The number of carboxylic acid groups (broad SMARTS) is 1. The van der Waals surface area contributed by atoms with Crippen LogP contribution in [0.15, 0.2) is 6.07 Å². The molecule has 0 saturated carbocycles. The van der Waals surface area contributed by atoms with Gasteiger partial charge in [-0.15, -0.1) is 0 Å². The largest absolute Gasteiger partial charge is 0.478 e. The molecule has 212 valence electrons. The standard InChI is InChI=1S/C27H12Cl6N4O5/c1-35-23(34)14-11-10-7(17(28)20(14)31)4-3-5(27(41)42)8-9-6(4)12(13(10)19(30)21(32)15(11)24(38)36-2)18(29)22(33)16(9)26(40)37-25(8)39/h3H,1-2H3,(H2,34,35)(H,36,38)(H,41,42)(H,37,39,40). The monoisotopic (exact) mass is 682 g/mol. The SMILES string of the molecule is CNC(=N)c1c(Cl)c(Cl)c2c3cc(C(=O)O)c4c5c(c(Cl)c(Cl)c(c6c(Cl)c(Cl)c(C(=O)NC)c1c26)c53)C(=O)NC4=O. The number of benzene rings is 5. The molecule has 0 atom stereocenters. The van der Waals surface area contributed by atoms with Gasteiger partial charge in [0.2, 0.25) is 0 Å². The Labute approximate surface area is 264 Å². The summed E-state index contributed by atoms with van der Waals surface area (Å²) in [6.45, 7) is 0. The van der Waals surface area contributed by atoms with Gasteiger partial charge < -0.3 is 15.7 Å².